The first-order chi connectivity index (χ1) is 17.1. The Hall–Kier alpha value is -3.51. The molecule has 2 bridgehead atoms. The predicted molar refractivity (Wildman–Crippen MR) is 137 cm³/mol. The van der Waals surface area contributed by atoms with Crippen LogP contribution in [0.15, 0.2) is 72.8 Å². The lowest BCUT2D eigenvalue weighted by atomic mass is 9.82. The Morgan fingerprint density at radius 1 is 0.857 bits per heavy atom. The number of aromatic nitrogens is 2. The lowest BCUT2D eigenvalue weighted by Crippen LogP contribution is -2.52. The molecule has 4 aromatic rings. The lowest BCUT2D eigenvalue weighted by Gasteiger charge is -2.47. The fourth-order valence-corrected chi connectivity index (χ4v) is 5.60. The van der Waals surface area contributed by atoms with Crippen molar-refractivity contribution < 1.29 is 9.13 Å². The highest BCUT2D eigenvalue weighted by Gasteiger charge is 2.36. The normalized spacial score (nSPS) is 22.2. The van der Waals surface area contributed by atoms with Crippen LogP contribution < -0.4 is 10.1 Å². The predicted octanol–water partition coefficient (Wildman–Crippen LogP) is 6.66. The molecule has 2 aliphatic rings. The SMILES string of the molecule is CN1C2CCCC1CC(Nc1nc(-c3ccc(Oc4ccc(F)cc4)cc3)c3ccccc3n1)C2. The van der Waals surface area contributed by atoms with Gasteiger partial charge in [0, 0.05) is 29.1 Å². The number of hydrogen-bond donors (Lipinski definition) is 1. The number of nitrogens with one attached hydrogen (secondary N) is 1. The third-order valence-electron chi connectivity index (χ3n) is 7.45. The highest BCUT2D eigenvalue weighted by atomic mass is 19.1. The summed E-state index contributed by atoms with van der Waals surface area (Å²) >= 11 is 0. The Labute approximate surface area is 205 Å². The van der Waals surface area contributed by atoms with Crippen LogP contribution in [0.4, 0.5) is 10.3 Å². The average molecular weight is 469 g/mol. The monoisotopic (exact) mass is 468 g/mol. The van der Waals surface area contributed by atoms with Crippen molar-refractivity contribution in [2.45, 2.75) is 50.2 Å². The van der Waals surface area contributed by atoms with Crippen molar-refractivity contribution in [3.05, 3.63) is 78.6 Å². The maximum Gasteiger partial charge on any atom is 0.224 e. The summed E-state index contributed by atoms with van der Waals surface area (Å²) in [7, 11) is 2.28. The van der Waals surface area contributed by atoms with Gasteiger partial charge in [0.25, 0.3) is 0 Å². The number of nitrogens with zero attached hydrogens (tertiary/aromatic N) is 3. The van der Waals surface area contributed by atoms with E-state index in [4.69, 9.17) is 14.7 Å². The zero-order valence-corrected chi connectivity index (χ0v) is 19.8. The minimum absolute atomic E-state index is 0.281. The molecule has 2 fully saturated rings. The first-order valence-corrected chi connectivity index (χ1v) is 12.4. The van der Waals surface area contributed by atoms with Gasteiger partial charge >= 0.3 is 0 Å². The summed E-state index contributed by atoms with van der Waals surface area (Å²) in [6, 6.07) is 23.7. The first kappa shape index (κ1) is 22.0. The van der Waals surface area contributed by atoms with Gasteiger partial charge in [-0.15, -0.1) is 0 Å². The van der Waals surface area contributed by atoms with Gasteiger partial charge in [0.05, 0.1) is 11.2 Å². The van der Waals surface area contributed by atoms with E-state index in [1.54, 1.807) is 12.1 Å². The summed E-state index contributed by atoms with van der Waals surface area (Å²) in [6.07, 6.45) is 6.16. The molecule has 0 spiro atoms. The van der Waals surface area contributed by atoms with Crippen LogP contribution in [0.3, 0.4) is 0 Å². The van der Waals surface area contributed by atoms with E-state index in [1.165, 1.54) is 31.4 Å². The summed E-state index contributed by atoms with van der Waals surface area (Å²) in [5, 5.41) is 4.70. The van der Waals surface area contributed by atoms with Crippen LogP contribution in [0.5, 0.6) is 11.5 Å². The summed E-state index contributed by atoms with van der Waals surface area (Å²) in [4.78, 5) is 12.4. The van der Waals surface area contributed by atoms with Gasteiger partial charge in [-0.05, 0) is 87.3 Å². The Balaban J connectivity index is 1.27. The van der Waals surface area contributed by atoms with Crippen LogP contribution in [-0.2, 0) is 0 Å². The van der Waals surface area contributed by atoms with Crippen LogP contribution in [0.25, 0.3) is 22.2 Å². The topological polar surface area (TPSA) is 50.3 Å². The van der Waals surface area contributed by atoms with Gasteiger partial charge in [0.2, 0.25) is 5.95 Å². The Morgan fingerprint density at radius 3 is 2.23 bits per heavy atom. The molecule has 0 amide bonds. The third kappa shape index (κ3) is 4.58. The van der Waals surface area contributed by atoms with Crippen LogP contribution in [0.2, 0.25) is 0 Å². The second-order valence-electron chi connectivity index (χ2n) is 9.71. The van der Waals surface area contributed by atoms with Crippen molar-refractivity contribution in [2.75, 3.05) is 12.4 Å². The molecule has 6 heteroatoms. The average Bonchev–Trinajstić information content (AvgIpc) is 2.86. The van der Waals surface area contributed by atoms with E-state index in [2.05, 4.69) is 23.3 Å². The number of anilines is 1. The van der Waals surface area contributed by atoms with Crippen molar-refractivity contribution >= 4 is 16.9 Å². The van der Waals surface area contributed by atoms with E-state index < -0.39 is 0 Å². The summed E-state index contributed by atoms with van der Waals surface area (Å²) in [6.45, 7) is 0. The molecule has 2 atom stereocenters. The van der Waals surface area contributed by atoms with Gasteiger partial charge in [0.15, 0.2) is 0 Å². The second kappa shape index (κ2) is 9.27. The molecule has 1 aromatic heterocycles. The third-order valence-corrected chi connectivity index (χ3v) is 7.45. The molecule has 3 aromatic carbocycles. The fraction of sp³-hybridized carbons (Fsp3) is 0.310. The van der Waals surface area contributed by atoms with Gasteiger partial charge in [-0.2, -0.15) is 0 Å². The lowest BCUT2D eigenvalue weighted by molar-refractivity contribution is 0.0607. The van der Waals surface area contributed by atoms with E-state index in [0.717, 1.165) is 35.0 Å². The molecule has 2 aliphatic heterocycles. The number of halogens is 1. The van der Waals surface area contributed by atoms with Crippen molar-refractivity contribution in [3.63, 3.8) is 0 Å². The molecule has 0 radical (unpaired) electrons. The number of piperidine rings is 2. The summed E-state index contributed by atoms with van der Waals surface area (Å²) in [5.41, 5.74) is 2.83. The van der Waals surface area contributed by atoms with Crippen molar-refractivity contribution in [1.82, 2.24) is 14.9 Å². The molecule has 3 heterocycles. The first-order valence-electron chi connectivity index (χ1n) is 12.4. The van der Waals surface area contributed by atoms with E-state index >= 15 is 0 Å². The molecule has 0 saturated carbocycles. The number of fused-ring (bicyclic) bond motifs is 3. The Bertz CT molecular complexity index is 1310. The quantitative estimate of drug-likeness (QED) is 0.355. The van der Waals surface area contributed by atoms with E-state index in [9.17, 15) is 4.39 Å². The van der Waals surface area contributed by atoms with Gasteiger partial charge < -0.3 is 15.0 Å². The zero-order valence-electron chi connectivity index (χ0n) is 19.8. The van der Waals surface area contributed by atoms with Gasteiger partial charge in [-0.3, -0.25) is 0 Å². The van der Waals surface area contributed by atoms with E-state index in [0.29, 0.717) is 35.6 Å². The minimum Gasteiger partial charge on any atom is -0.457 e. The molecule has 6 rings (SSSR count). The van der Waals surface area contributed by atoms with E-state index in [1.807, 2.05) is 42.5 Å². The number of para-hydroxylation sites is 1. The van der Waals surface area contributed by atoms with Crippen molar-refractivity contribution in [1.29, 1.82) is 0 Å². The van der Waals surface area contributed by atoms with Crippen LogP contribution in [0.1, 0.15) is 32.1 Å². The maximum absolute atomic E-state index is 13.2. The summed E-state index contributed by atoms with van der Waals surface area (Å²) < 4.78 is 19.0. The highest BCUT2D eigenvalue weighted by Crippen LogP contribution is 2.35. The van der Waals surface area contributed by atoms with Crippen LogP contribution >= 0.6 is 0 Å². The summed E-state index contributed by atoms with van der Waals surface area (Å²) in [5.74, 6) is 1.70. The van der Waals surface area contributed by atoms with E-state index in [-0.39, 0.29) is 5.82 Å². The number of benzene rings is 3. The molecule has 0 aliphatic carbocycles. The maximum atomic E-state index is 13.2. The largest absolute Gasteiger partial charge is 0.457 e. The standard InChI is InChI=1S/C29H29FN4O/c1-34-22-5-4-6-23(34)18-21(17-22)31-29-32-27-8-3-2-7-26(27)28(33-29)19-9-13-24(14-10-19)35-25-15-11-20(30)12-16-25/h2-3,7-16,21-23H,4-6,17-18H2,1H3,(H,31,32,33). The number of rotatable bonds is 5. The highest BCUT2D eigenvalue weighted by molar-refractivity contribution is 5.93. The molecule has 1 N–H and O–H groups in total. The molecule has 35 heavy (non-hydrogen) atoms. The van der Waals surface area contributed by atoms with Gasteiger partial charge in [-0.25, -0.2) is 14.4 Å². The number of hydrogen-bond acceptors (Lipinski definition) is 5. The van der Waals surface area contributed by atoms with Gasteiger partial charge in [-0.1, -0.05) is 24.6 Å². The second-order valence-corrected chi connectivity index (χ2v) is 9.71. The molecule has 2 saturated heterocycles. The van der Waals surface area contributed by atoms with Crippen molar-refractivity contribution in [3.8, 4) is 22.8 Å². The molecular weight excluding hydrogens is 439 g/mol. The molecule has 2 unspecified atom stereocenters. The Morgan fingerprint density at radius 2 is 1.51 bits per heavy atom. The minimum atomic E-state index is -0.281. The molecular formula is C29H29FN4O. The molecule has 178 valence electrons. The zero-order chi connectivity index (χ0) is 23.8. The Kier molecular flexibility index (Phi) is 5.82. The fourth-order valence-electron chi connectivity index (χ4n) is 5.60. The molecule has 5 nitrogen and oxygen atoms in total. The van der Waals surface area contributed by atoms with Crippen LogP contribution in [-0.4, -0.2) is 40.0 Å². The number of ether oxygens (including phenoxy) is 1. The smallest absolute Gasteiger partial charge is 0.224 e. The van der Waals surface area contributed by atoms with Gasteiger partial charge in [0.1, 0.15) is 17.3 Å². The van der Waals surface area contributed by atoms with Crippen LogP contribution in [0, 0.1) is 5.82 Å². The van der Waals surface area contributed by atoms with Crippen molar-refractivity contribution in [2.24, 2.45) is 0 Å².